The van der Waals surface area contributed by atoms with Crippen LogP contribution in [0.15, 0.2) is 30.3 Å². The Morgan fingerprint density at radius 2 is 1.96 bits per heavy atom. The first-order valence-corrected chi connectivity index (χ1v) is 8.73. The lowest BCUT2D eigenvalue weighted by atomic mass is 9.87. The van der Waals surface area contributed by atoms with E-state index in [0.717, 1.165) is 11.6 Å². The minimum absolute atomic E-state index is 0.111. The summed E-state index contributed by atoms with van der Waals surface area (Å²) in [6.45, 7) is 2.80. The third-order valence-corrected chi connectivity index (χ3v) is 5.15. The number of amides is 1. The quantitative estimate of drug-likeness (QED) is 0.732. The number of rotatable bonds is 2. The van der Waals surface area contributed by atoms with Crippen molar-refractivity contribution in [3.63, 3.8) is 0 Å². The van der Waals surface area contributed by atoms with Crippen molar-refractivity contribution in [3.05, 3.63) is 47.4 Å². The fraction of sp³-hybridized carbons (Fsp3) is 0.316. The van der Waals surface area contributed by atoms with Crippen LogP contribution in [-0.4, -0.2) is 33.7 Å². The largest absolute Gasteiger partial charge is 0.433 e. The van der Waals surface area contributed by atoms with Crippen LogP contribution >= 0.6 is 0 Å². The number of alkyl halides is 3. The molecule has 0 unspecified atom stereocenters. The average molecular weight is 388 g/mol. The summed E-state index contributed by atoms with van der Waals surface area (Å²) < 4.78 is 46.7. The Morgan fingerprint density at radius 1 is 1.18 bits per heavy atom. The Labute approximate surface area is 157 Å². The highest BCUT2D eigenvalue weighted by atomic mass is 19.4. The standard InChI is InChI=1S/C19H15F3N4O2/c1-18(8-28-9-18)17-24-13-4-5-14(19(20,21)22)25-16(13)26(17)11-2-3-12-10(6-11)7-15(27)23-12/h2-6H,7-9H2,1H3,(H,23,27). The molecule has 1 aromatic carbocycles. The zero-order valence-electron chi connectivity index (χ0n) is 14.8. The molecule has 0 saturated carbocycles. The molecular weight excluding hydrogens is 373 g/mol. The number of hydrogen-bond donors (Lipinski definition) is 1. The van der Waals surface area contributed by atoms with Crippen molar-refractivity contribution in [2.24, 2.45) is 0 Å². The molecule has 6 nitrogen and oxygen atoms in total. The van der Waals surface area contributed by atoms with Gasteiger partial charge in [-0.1, -0.05) is 0 Å². The molecule has 2 aromatic heterocycles. The van der Waals surface area contributed by atoms with Crippen LogP contribution in [0.2, 0.25) is 0 Å². The molecule has 9 heteroatoms. The van der Waals surface area contributed by atoms with Gasteiger partial charge in [-0.15, -0.1) is 0 Å². The van der Waals surface area contributed by atoms with E-state index in [1.165, 1.54) is 6.07 Å². The Hall–Kier alpha value is -2.94. The molecule has 144 valence electrons. The van der Waals surface area contributed by atoms with Gasteiger partial charge < -0.3 is 10.1 Å². The van der Waals surface area contributed by atoms with Gasteiger partial charge in [-0.05, 0) is 42.8 Å². The number of nitrogens with zero attached hydrogens (tertiary/aromatic N) is 3. The molecule has 1 N–H and O–H groups in total. The van der Waals surface area contributed by atoms with Crippen molar-refractivity contribution in [2.75, 3.05) is 18.5 Å². The summed E-state index contributed by atoms with van der Waals surface area (Å²) in [6, 6.07) is 7.57. The molecule has 0 aliphatic carbocycles. The lowest BCUT2D eigenvalue weighted by molar-refractivity contribution is -0.141. The first-order valence-electron chi connectivity index (χ1n) is 8.73. The summed E-state index contributed by atoms with van der Waals surface area (Å²) in [5.41, 5.74) is 1.24. The number of pyridine rings is 1. The van der Waals surface area contributed by atoms with Crippen LogP contribution in [0.5, 0.6) is 0 Å². The summed E-state index contributed by atoms with van der Waals surface area (Å²) in [6.07, 6.45) is -4.33. The van der Waals surface area contributed by atoms with Gasteiger partial charge in [-0.2, -0.15) is 13.2 Å². The van der Waals surface area contributed by atoms with Gasteiger partial charge in [-0.25, -0.2) is 9.97 Å². The number of aromatic nitrogens is 3. The topological polar surface area (TPSA) is 69.0 Å². The van der Waals surface area contributed by atoms with E-state index >= 15 is 0 Å². The van der Waals surface area contributed by atoms with Crippen LogP contribution in [0.1, 0.15) is 24.0 Å². The smallest absolute Gasteiger partial charge is 0.379 e. The van der Waals surface area contributed by atoms with Gasteiger partial charge in [-0.3, -0.25) is 9.36 Å². The van der Waals surface area contributed by atoms with Gasteiger partial charge in [0.25, 0.3) is 0 Å². The van der Waals surface area contributed by atoms with E-state index in [2.05, 4.69) is 15.3 Å². The van der Waals surface area contributed by atoms with Crippen molar-refractivity contribution in [3.8, 4) is 5.69 Å². The molecule has 4 heterocycles. The van der Waals surface area contributed by atoms with Gasteiger partial charge >= 0.3 is 6.18 Å². The van der Waals surface area contributed by atoms with Gasteiger partial charge in [0.15, 0.2) is 5.65 Å². The minimum Gasteiger partial charge on any atom is -0.379 e. The Bertz CT molecular complexity index is 1130. The highest BCUT2D eigenvalue weighted by molar-refractivity contribution is 5.99. The van der Waals surface area contributed by atoms with E-state index in [-0.39, 0.29) is 18.0 Å². The number of anilines is 1. The third-order valence-electron chi connectivity index (χ3n) is 5.15. The zero-order chi connectivity index (χ0) is 19.7. The molecule has 3 aromatic rings. The van der Waals surface area contributed by atoms with Crippen LogP contribution in [0.4, 0.5) is 18.9 Å². The Balaban J connectivity index is 1.76. The fourth-order valence-electron chi connectivity index (χ4n) is 3.66. The van der Waals surface area contributed by atoms with Crippen molar-refractivity contribution >= 4 is 22.8 Å². The summed E-state index contributed by atoms with van der Waals surface area (Å²) in [5.74, 6) is 0.484. The summed E-state index contributed by atoms with van der Waals surface area (Å²) >= 11 is 0. The normalized spacial score (nSPS) is 18.1. The lowest BCUT2D eigenvalue weighted by Gasteiger charge is -2.37. The van der Waals surface area contributed by atoms with Crippen LogP contribution in [-0.2, 0) is 27.5 Å². The van der Waals surface area contributed by atoms with Crippen molar-refractivity contribution in [1.29, 1.82) is 0 Å². The zero-order valence-corrected chi connectivity index (χ0v) is 14.8. The maximum atomic E-state index is 13.2. The number of halogens is 3. The number of carbonyl (C=O) groups is 1. The lowest BCUT2D eigenvalue weighted by Crippen LogP contribution is -2.45. The van der Waals surface area contributed by atoms with Crippen LogP contribution in [0.25, 0.3) is 16.9 Å². The van der Waals surface area contributed by atoms with E-state index in [4.69, 9.17) is 4.74 Å². The van der Waals surface area contributed by atoms with Gasteiger partial charge in [0.05, 0.1) is 25.0 Å². The van der Waals surface area contributed by atoms with Gasteiger partial charge in [0.2, 0.25) is 5.91 Å². The SMILES string of the molecule is CC1(c2nc3ccc(C(F)(F)F)nc3n2-c2ccc3c(c2)CC(=O)N3)COC1. The third kappa shape index (κ3) is 2.50. The molecule has 0 radical (unpaired) electrons. The predicted molar refractivity (Wildman–Crippen MR) is 94.4 cm³/mol. The van der Waals surface area contributed by atoms with Gasteiger partial charge in [0, 0.05) is 11.4 Å². The van der Waals surface area contributed by atoms with E-state index in [1.54, 1.807) is 22.8 Å². The van der Waals surface area contributed by atoms with Crippen LogP contribution in [0.3, 0.4) is 0 Å². The number of nitrogens with one attached hydrogen (secondary N) is 1. The summed E-state index contributed by atoms with van der Waals surface area (Å²) in [5, 5.41) is 2.76. The number of carbonyl (C=O) groups excluding carboxylic acids is 1. The van der Waals surface area contributed by atoms with Crippen molar-refractivity contribution < 1.29 is 22.7 Å². The average Bonchev–Trinajstić information content (AvgIpc) is 3.17. The monoisotopic (exact) mass is 388 g/mol. The van der Waals surface area contributed by atoms with Crippen LogP contribution in [0, 0.1) is 0 Å². The molecule has 1 saturated heterocycles. The number of fused-ring (bicyclic) bond motifs is 2. The Morgan fingerprint density at radius 3 is 2.64 bits per heavy atom. The van der Waals surface area contributed by atoms with E-state index in [0.29, 0.717) is 35.9 Å². The highest BCUT2D eigenvalue weighted by Gasteiger charge is 2.41. The van der Waals surface area contributed by atoms with E-state index < -0.39 is 17.3 Å². The van der Waals surface area contributed by atoms with E-state index in [9.17, 15) is 18.0 Å². The molecule has 0 bridgehead atoms. The summed E-state index contributed by atoms with van der Waals surface area (Å²) in [7, 11) is 0. The molecule has 0 spiro atoms. The molecule has 1 amide bonds. The number of imidazole rings is 1. The number of hydrogen-bond acceptors (Lipinski definition) is 4. The van der Waals surface area contributed by atoms with E-state index in [1.807, 2.05) is 6.92 Å². The first-order chi connectivity index (χ1) is 13.2. The van der Waals surface area contributed by atoms with Crippen LogP contribution < -0.4 is 5.32 Å². The second-order valence-corrected chi connectivity index (χ2v) is 7.43. The number of ether oxygens (including phenoxy) is 1. The molecule has 1 fully saturated rings. The first kappa shape index (κ1) is 17.2. The minimum atomic E-state index is -4.55. The second-order valence-electron chi connectivity index (χ2n) is 7.43. The molecule has 28 heavy (non-hydrogen) atoms. The molecule has 5 rings (SSSR count). The fourth-order valence-corrected chi connectivity index (χ4v) is 3.66. The highest BCUT2D eigenvalue weighted by Crippen LogP contribution is 2.37. The molecule has 2 aliphatic rings. The van der Waals surface area contributed by atoms with Crippen molar-refractivity contribution in [2.45, 2.75) is 24.9 Å². The number of benzene rings is 1. The molecule has 0 atom stereocenters. The maximum absolute atomic E-state index is 13.2. The molecular formula is C19H15F3N4O2. The van der Waals surface area contributed by atoms with Crippen molar-refractivity contribution in [1.82, 2.24) is 14.5 Å². The predicted octanol–water partition coefficient (Wildman–Crippen LogP) is 3.22. The van der Waals surface area contributed by atoms with Gasteiger partial charge in [0.1, 0.15) is 17.0 Å². The summed E-state index contributed by atoms with van der Waals surface area (Å²) in [4.78, 5) is 20.1. The maximum Gasteiger partial charge on any atom is 0.433 e. The molecule has 2 aliphatic heterocycles. The second kappa shape index (κ2) is 5.54. The Kier molecular flexibility index (Phi) is 3.40.